The van der Waals surface area contributed by atoms with Crippen molar-refractivity contribution in [3.8, 4) is 0 Å². The molecule has 1 aromatic heterocycles. The number of hydrogen-bond donors (Lipinski definition) is 1. The van der Waals surface area contributed by atoms with E-state index in [-0.39, 0.29) is 6.04 Å². The van der Waals surface area contributed by atoms with E-state index in [9.17, 15) is 0 Å². The molecule has 102 valence electrons. The molecule has 0 aliphatic heterocycles. The minimum absolute atomic E-state index is 0.171. The zero-order valence-electron chi connectivity index (χ0n) is 11.3. The van der Waals surface area contributed by atoms with Crippen LogP contribution in [0.3, 0.4) is 0 Å². The van der Waals surface area contributed by atoms with E-state index in [1.54, 1.807) is 4.68 Å². The van der Waals surface area contributed by atoms with Crippen molar-refractivity contribution in [3.05, 3.63) is 52.8 Å². The van der Waals surface area contributed by atoms with E-state index >= 15 is 0 Å². The van der Waals surface area contributed by atoms with Gasteiger partial charge in [0.05, 0.1) is 12.2 Å². The van der Waals surface area contributed by atoms with Gasteiger partial charge in [-0.15, -0.1) is 0 Å². The van der Waals surface area contributed by atoms with Crippen molar-refractivity contribution in [1.82, 2.24) is 14.7 Å². The molecule has 4 nitrogen and oxygen atoms in total. The lowest BCUT2D eigenvalue weighted by Gasteiger charge is -2.26. The number of rotatable bonds is 5. The van der Waals surface area contributed by atoms with Crippen molar-refractivity contribution < 1.29 is 0 Å². The third-order valence-corrected chi connectivity index (χ3v) is 3.46. The van der Waals surface area contributed by atoms with Crippen molar-refractivity contribution >= 4 is 11.6 Å². The highest BCUT2D eigenvalue weighted by Gasteiger charge is 2.17. The van der Waals surface area contributed by atoms with E-state index in [1.807, 2.05) is 43.7 Å². The highest BCUT2D eigenvalue weighted by molar-refractivity contribution is 6.30. The molecule has 2 N–H and O–H groups in total. The van der Waals surface area contributed by atoms with Crippen molar-refractivity contribution in [2.45, 2.75) is 12.6 Å². The second kappa shape index (κ2) is 6.19. The molecule has 2 aromatic rings. The molecule has 0 saturated heterocycles. The molecule has 0 aliphatic rings. The maximum absolute atomic E-state index is 5.89. The van der Waals surface area contributed by atoms with Crippen LogP contribution in [0.15, 0.2) is 36.7 Å². The average molecular weight is 279 g/mol. The normalized spacial score (nSPS) is 12.9. The Balaban J connectivity index is 2.08. The van der Waals surface area contributed by atoms with Gasteiger partial charge in [0.25, 0.3) is 0 Å². The summed E-state index contributed by atoms with van der Waals surface area (Å²) in [4.78, 5) is 2.22. The predicted molar refractivity (Wildman–Crippen MR) is 77.9 cm³/mol. The molecule has 1 aromatic carbocycles. The summed E-state index contributed by atoms with van der Waals surface area (Å²) in [5, 5.41) is 4.96. The molecular formula is C14H19ClN4. The fourth-order valence-electron chi connectivity index (χ4n) is 2.17. The molecule has 0 aliphatic carbocycles. The van der Waals surface area contributed by atoms with E-state index in [1.165, 1.54) is 5.56 Å². The molecule has 0 fully saturated rings. The third kappa shape index (κ3) is 3.56. The number of halogens is 1. The van der Waals surface area contributed by atoms with Crippen LogP contribution in [0.1, 0.15) is 17.2 Å². The lowest BCUT2D eigenvalue weighted by Crippen LogP contribution is -2.29. The number of benzene rings is 1. The Hall–Kier alpha value is -1.36. The Morgan fingerprint density at radius 2 is 2.05 bits per heavy atom. The van der Waals surface area contributed by atoms with Crippen LogP contribution < -0.4 is 5.73 Å². The minimum atomic E-state index is 0.171. The Morgan fingerprint density at radius 3 is 2.58 bits per heavy atom. The average Bonchev–Trinajstić information content (AvgIpc) is 2.80. The summed E-state index contributed by atoms with van der Waals surface area (Å²) in [6.07, 6.45) is 3.88. The zero-order chi connectivity index (χ0) is 13.8. The van der Waals surface area contributed by atoms with Crippen molar-refractivity contribution in [2.24, 2.45) is 12.8 Å². The van der Waals surface area contributed by atoms with Crippen LogP contribution in [0.5, 0.6) is 0 Å². The van der Waals surface area contributed by atoms with Crippen LogP contribution in [0.4, 0.5) is 0 Å². The first-order chi connectivity index (χ1) is 9.10. The number of likely N-dealkylation sites (N-methyl/N-ethyl adjacent to an activating group) is 1. The molecule has 0 saturated carbocycles. The summed E-state index contributed by atoms with van der Waals surface area (Å²) in [7, 11) is 3.98. The molecule has 1 heterocycles. The molecule has 19 heavy (non-hydrogen) atoms. The summed E-state index contributed by atoms with van der Waals surface area (Å²) in [6, 6.07) is 8.06. The first kappa shape index (κ1) is 14.1. The largest absolute Gasteiger partial charge is 0.329 e. The number of hydrogen-bond acceptors (Lipinski definition) is 3. The van der Waals surface area contributed by atoms with Crippen molar-refractivity contribution in [3.63, 3.8) is 0 Å². The van der Waals surface area contributed by atoms with E-state index in [0.717, 1.165) is 17.1 Å². The van der Waals surface area contributed by atoms with Gasteiger partial charge in [-0.05, 0) is 24.7 Å². The Bertz CT molecular complexity index is 520. The molecule has 0 bridgehead atoms. The SMILES string of the molecule is CN(Cc1ccc(Cl)cc1)C(CN)c1cnn(C)c1. The second-order valence-corrected chi connectivity index (χ2v) is 5.18. The van der Waals surface area contributed by atoms with Crippen LogP contribution in [0.25, 0.3) is 0 Å². The van der Waals surface area contributed by atoms with Crippen LogP contribution in [0.2, 0.25) is 5.02 Å². The second-order valence-electron chi connectivity index (χ2n) is 4.74. The maximum atomic E-state index is 5.89. The third-order valence-electron chi connectivity index (χ3n) is 3.21. The van der Waals surface area contributed by atoms with Gasteiger partial charge in [0.1, 0.15) is 0 Å². The maximum Gasteiger partial charge on any atom is 0.0538 e. The van der Waals surface area contributed by atoms with Crippen LogP contribution in [-0.2, 0) is 13.6 Å². The summed E-state index contributed by atoms with van der Waals surface area (Å²) in [5.41, 5.74) is 8.25. The minimum Gasteiger partial charge on any atom is -0.329 e. The summed E-state index contributed by atoms with van der Waals surface area (Å²) in [5.74, 6) is 0. The lowest BCUT2D eigenvalue weighted by molar-refractivity contribution is 0.241. The molecule has 1 unspecified atom stereocenters. The predicted octanol–water partition coefficient (Wildman–Crippen LogP) is 2.21. The summed E-state index contributed by atoms with van der Waals surface area (Å²) < 4.78 is 1.80. The van der Waals surface area contributed by atoms with Crippen molar-refractivity contribution in [2.75, 3.05) is 13.6 Å². The van der Waals surface area contributed by atoms with Gasteiger partial charge in [-0.3, -0.25) is 9.58 Å². The van der Waals surface area contributed by atoms with Gasteiger partial charge in [0.2, 0.25) is 0 Å². The Kier molecular flexibility index (Phi) is 4.58. The molecule has 0 radical (unpaired) electrons. The highest BCUT2D eigenvalue weighted by atomic mass is 35.5. The van der Waals surface area contributed by atoms with Gasteiger partial charge in [0.15, 0.2) is 0 Å². The first-order valence-electron chi connectivity index (χ1n) is 6.23. The van der Waals surface area contributed by atoms with Gasteiger partial charge in [0, 0.05) is 36.9 Å². The van der Waals surface area contributed by atoms with Gasteiger partial charge >= 0.3 is 0 Å². The standard InChI is InChI=1S/C14H19ClN4/c1-18(9-11-3-5-13(15)6-4-11)14(7-16)12-8-17-19(2)10-12/h3-6,8,10,14H,7,9,16H2,1-2H3. The topological polar surface area (TPSA) is 47.1 Å². The summed E-state index contributed by atoms with van der Waals surface area (Å²) >= 11 is 5.89. The van der Waals surface area contributed by atoms with Crippen LogP contribution in [-0.4, -0.2) is 28.3 Å². The van der Waals surface area contributed by atoms with Gasteiger partial charge < -0.3 is 5.73 Å². The summed E-state index contributed by atoms with van der Waals surface area (Å²) in [6.45, 7) is 1.39. The fraction of sp³-hybridized carbons (Fsp3) is 0.357. The van der Waals surface area contributed by atoms with E-state index < -0.39 is 0 Å². The van der Waals surface area contributed by atoms with E-state index in [0.29, 0.717) is 6.54 Å². The molecule has 1 atom stereocenters. The highest BCUT2D eigenvalue weighted by Crippen LogP contribution is 2.20. The number of aromatic nitrogens is 2. The quantitative estimate of drug-likeness (QED) is 0.912. The van der Waals surface area contributed by atoms with Gasteiger partial charge in [-0.2, -0.15) is 5.10 Å². The lowest BCUT2D eigenvalue weighted by atomic mass is 10.1. The molecule has 0 amide bonds. The monoisotopic (exact) mass is 278 g/mol. The Morgan fingerprint density at radius 1 is 1.37 bits per heavy atom. The first-order valence-corrected chi connectivity index (χ1v) is 6.61. The smallest absolute Gasteiger partial charge is 0.0538 e. The van der Waals surface area contributed by atoms with Crippen molar-refractivity contribution in [1.29, 1.82) is 0 Å². The van der Waals surface area contributed by atoms with Gasteiger partial charge in [-0.1, -0.05) is 23.7 Å². The molecule has 5 heteroatoms. The van der Waals surface area contributed by atoms with Crippen LogP contribution >= 0.6 is 11.6 Å². The molecule has 0 spiro atoms. The fourth-order valence-corrected chi connectivity index (χ4v) is 2.30. The number of nitrogens with two attached hydrogens (primary N) is 1. The van der Waals surface area contributed by atoms with Gasteiger partial charge in [-0.25, -0.2) is 0 Å². The van der Waals surface area contributed by atoms with E-state index in [4.69, 9.17) is 17.3 Å². The number of nitrogens with zero attached hydrogens (tertiary/aromatic N) is 3. The number of aryl methyl sites for hydroxylation is 1. The van der Waals surface area contributed by atoms with E-state index in [2.05, 4.69) is 17.0 Å². The molecule has 2 rings (SSSR count). The van der Waals surface area contributed by atoms with Crippen LogP contribution in [0, 0.1) is 0 Å². The molecular weight excluding hydrogens is 260 g/mol. The Labute approximate surface area is 118 Å². The zero-order valence-corrected chi connectivity index (χ0v) is 12.0.